The van der Waals surface area contributed by atoms with Crippen molar-refractivity contribution in [2.24, 2.45) is 0 Å². The van der Waals surface area contributed by atoms with Gasteiger partial charge in [0, 0.05) is 19.8 Å². The maximum atomic E-state index is 11.5. The highest BCUT2D eigenvalue weighted by Gasteiger charge is 2.04. The van der Waals surface area contributed by atoms with E-state index in [-0.39, 0.29) is 11.2 Å². The number of urea groups is 1. The highest BCUT2D eigenvalue weighted by atomic mass is 35.5. The van der Waals surface area contributed by atoms with Gasteiger partial charge in [-0.15, -0.1) is 0 Å². The van der Waals surface area contributed by atoms with Gasteiger partial charge in [-0.3, -0.25) is 4.98 Å². The van der Waals surface area contributed by atoms with Crippen molar-refractivity contribution in [1.82, 2.24) is 14.9 Å². The SMILES string of the molecule is CN(C)C(=O)Nc1ccc(Oc2cncc(Cl)n2)cc1. The number of amides is 2. The van der Waals surface area contributed by atoms with E-state index in [1.165, 1.54) is 17.3 Å². The van der Waals surface area contributed by atoms with Crippen molar-refractivity contribution in [3.05, 3.63) is 41.8 Å². The third kappa shape index (κ3) is 3.83. The van der Waals surface area contributed by atoms with Crippen LogP contribution in [0.15, 0.2) is 36.7 Å². The van der Waals surface area contributed by atoms with Crippen LogP contribution in [-0.4, -0.2) is 35.0 Å². The summed E-state index contributed by atoms with van der Waals surface area (Å²) < 4.78 is 5.49. The van der Waals surface area contributed by atoms with Crippen LogP contribution in [0, 0.1) is 0 Å². The molecule has 0 aliphatic heterocycles. The van der Waals surface area contributed by atoms with E-state index < -0.39 is 0 Å². The predicted octanol–water partition coefficient (Wildman–Crippen LogP) is 3.02. The van der Waals surface area contributed by atoms with Crippen LogP contribution in [0.25, 0.3) is 0 Å². The van der Waals surface area contributed by atoms with Crippen LogP contribution in [0.2, 0.25) is 5.15 Å². The van der Waals surface area contributed by atoms with Crippen LogP contribution < -0.4 is 10.1 Å². The smallest absolute Gasteiger partial charge is 0.321 e. The molecule has 1 N–H and O–H groups in total. The van der Waals surface area contributed by atoms with Crippen molar-refractivity contribution in [2.45, 2.75) is 0 Å². The summed E-state index contributed by atoms with van der Waals surface area (Å²) in [6.07, 6.45) is 2.89. The van der Waals surface area contributed by atoms with Gasteiger partial charge >= 0.3 is 6.03 Å². The van der Waals surface area contributed by atoms with Gasteiger partial charge in [0.05, 0.1) is 12.4 Å². The topological polar surface area (TPSA) is 67.4 Å². The summed E-state index contributed by atoms with van der Waals surface area (Å²) in [5, 5.41) is 2.99. The highest BCUT2D eigenvalue weighted by Crippen LogP contribution is 2.21. The minimum atomic E-state index is -0.195. The number of hydrogen-bond donors (Lipinski definition) is 1. The number of nitrogens with zero attached hydrogens (tertiary/aromatic N) is 3. The number of anilines is 1. The second-order valence-corrected chi connectivity index (χ2v) is 4.52. The van der Waals surface area contributed by atoms with E-state index in [4.69, 9.17) is 16.3 Å². The molecule has 2 amide bonds. The van der Waals surface area contributed by atoms with E-state index in [1.54, 1.807) is 38.4 Å². The Morgan fingerprint density at radius 1 is 1.25 bits per heavy atom. The van der Waals surface area contributed by atoms with Crippen molar-refractivity contribution in [1.29, 1.82) is 0 Å². The zero-order chi connectivity index (χ0) is 14.5. The molecule has 0 unspecified atom stereocenters. The fourth-order valence-corrected chi connectivity index (χ4v) is 1.48. The molecule has 0 radical (unpaired) electrons. The maximum absolute atomic E-state index is 11.5. The summed E-state index contributed by atoms with van der Waals surface area (Å²) in [5.74, 6) is 0.881. The van der Waals surface area contributed by atoms with Crippen molar-refractivity contribution in [3.8, 4) is 11.6 Å². The molecule has 1 aromatic heterocycles. The molecule has 0 bridgehead atoms. The Bertz CT molecular complexity index is 602. The second kappa shape index (κ2) is 6.21. The minimum Gasteiger partial charge on any atom is -0.437 e. The fraction of sp³-hybridized carbons (Fsp3) is 0.154. The number of hydrogen-bond acceptors (Lipinski definition) is 4. The zero-order valence-corrected chi connectivity index (χ0v) is 11.8. The number of carbonyl (C=O) groups excluding carboxylic acids is 1. The molecule has 20 heavy (non-hydrogen) atoms. The lowest BCUT2D eigenvalue weighted by Crippen LogP contribution is -2.27. The van der Waals surface area contributed by atoms with Crippen LogP contribution in [0.1, 0.15) is 0 Å². The molecule has 0 atom stereocenters. The average molecular weight is 293 g/mol. The molecule has 0 fully saturated rings. The first-order chi connectivity index (χ1) is 9.54. The van der Waals surface area contributed by atoms with Gasteiger partial charge in [0.25, 0.3) is 0 Å². The monoisotopic (exact) mass is 292 g/mol. The molecule has 7 heteroatoms. The molecule has 1 aromatic carbocycles. The molecule has 6 nitrogen and oxygen atoms in total. The lowest BCUT2D eigenvalue weighted by atomic mass is 10.3. The Balaban J connectivity index is 2.03. The first-order valence-corrected chi connectivity index (χ1v) is 6.16. The Hall–Kier alpha value is -2.34. The molecule has 0 aliphatic rings. The van der Waals surface area contributed by atoms with E-state index in [2.05, 4.69) is 15.3 Å². The Morgan fingerprint density at radius 3 is 2.55 bits per heavy atom. The standard InChI is InChI=1S/C13H13ClN4O2/c1-18(2)13(19)16-9-3-5-10(6-4-9)20-12-8-15-7-11(14)17-12/h3-8H,1-2H3,(H,16,19). The number of ether oxygens (including phenoxy) is 1. The zero-order valence-electron chi connectivity index (χ0n) is 11.0. The van der Waals surface area contributed by atoms with Gasteiger partial charge < -0.3 is 15.0 Å². The summed E-state index contributed by atoms with van der Waals surface area (Å²) in [6.45, 7) is 0. The predicted molar refractivity (Wildman–Crippen MR) is 76.3 cm³/mol. The quantitative estimate of drug-likeness (QED) is 0.944. The molecule has 104 valence electrons. The Labute approximate surface area is 121 Å². The summed E-state index contributed by atoms with van der Waals surface area (Å²) in [4.78, 5) is 20.8. The lowest BCUT2D eigenvalue weighted by molar-refractivity contribution is 0.230. The number of aromatic nitrogens is 2. The summed E-state index contributed by atoms with van der Waals surface area (Å²) in [7, 11) is 3.34. The number of benzene rings is 1. The van der Waals surface area contributed by atoms with Gasteiger partial charge in [0.2, 0.25) is 5.88 Å². The minimum absolute atomic E-state index is 0.195. The second-order valence-electron chi connectivity index (χ2n) is 4.13. The van der Waals surface area contributed by atoms with Gasteiger partial charge in [-0.25, -0.2) is 4.79 Å². The maximum Gasteiger partial charge on any atom is 0.321 e. The van der Waals surface area contributed by atoms with E-state index in [9.17, 15) is 4.79 Å². The first-order valence-electron chi connectivity index (χ1n) is 5.78. The van der Waals surface area contributed by atoms with Gasteiger partial charge in [-0.2, -0.15) is 4.98 Å². The van der Waals surface area contributed by atoms with E-state index in [1.807, 2.05) is 0 Å². The molecule has 0 saturated carbocycles. The molecular formula is C13H13ClN4O2. The molecule has 2 aromatic rings. The third-order valence-electron chi connectivity index (χ3n) is 2.32. The first kappa shape index (κ1) is 14.1. The molecule has 2 rings (SSSR count). The van der Waals surface area contributed by atoms with Crippen LogP contribution in [0.4, 0.5) is 10.5 Å². The molecular weight excluding hydrogens is 280 g/mol. The number of nitrogens with one attached hydrogen (secondary N) is 1. The fourth-order valence-electron chi connectivity index (χ4n) is 1.34. The Kier molecular flexibility index (Phi) is 4.37. The largest absolute Gasteiger partial charge is 0.437 e. The number of rotatable bonds is 3. The molecule has 0 spiro atoms. The van der Waals surface area contributed by atoms with E-state index >= 15 is 0 Å². The number of halogens is 1. The van der Waals surface area contributed by atoms with E-state index in [0.717, 1.165) is 0 Å². The van der Waals surface area contributed by atoms with Gasteiger partial charge in [0.15, 0.2) is 5.15 Å². The Morgan fingerprint density at radius 2 is 1.95 bits per heavy atom. The van der Waals surface area contributed by atoms with Crippen LogP contribution in [0.5, 0.6) is 11.6 Å². The summed E-state index contributed by atoms with van der Waals surface area (Å²) >= 11 is 5.72. The summed E-state index contributed by atoms with van der Waals surface area (Å²) in [5.41, 5.74) is 0.674. The van der Waals surface area contributed by atoms with Crippen LogP contribution in [-0.2, 0) is 0 Å². The lowest BCUT2D eigenvalue weighted by Gasteiger charge is -2.12. The van der Waals surface area contributed by atoms with Crippen molar-refractivity contribution in [2.75, 3.05) is 19.4 Å². The normalized spacial score (nSPS) is 9.95. The summed E-state index contributed by atoms with van der Waals surface area (Å²) in [6, 6.07) is 6.70. The molecule has 0 saturated heterocycles. The van der Waals surface area contributed by atoms with Crippen LogP contribution in [0.3, 0.4) is 0 Å². The van der Waals surface area contributed by atoms with Crippen molar-refractivity contribution in [3.63, 3.8) is 0 Å². The van der Waals surface area contributed by atoms with Crippen LogP contribution >= 0.6 is 11.6 Å². The van der Waals surface area contributed by atoms with Gasteiger partial charge in [-0.05, 0) is 24.3 Å². The van der Waals surface area contributed by atoms with Gasteiger partial charge in [0.1, 0.15) is 5.75 Å². The van der Waals surface area contributed by atoms with Crippen molar-refractivity contribution >= 4 is 23.3 Å². The molecule has 0 aliphatic carbocycles. The van der Waals surface area contributed by atoms with E-state index in [0.29, 0.717) is 17.3 Å². The van der Waals surface area contributed by atoms with Gasteiger partial charge in [-0.1, -0.05) is 11.6 Å². The van der Waals surface area contributed by atoms with Crippen molar-refractivity contribution < 1.29 is 9.53 Å². The molecule has 1 heterocycles. The average Bonchev–Trinajstić information content (AvgIpc) is 2.41. The third-order valence-corrected chi connectivity index (χ3v) is 2.50. The number of carbonyl (C=O) groups is 1. The highest BCUT2D eigenvalue weighted by molar-refractivity contribution is 6.29.